The average molecular weight is 449 g/mol. The quantitative estimate of drug-likeness (QED) is 0.548. The van der Waals surface area contributed by atoms with Gasteiger partial charge in [0.1, 0.15) is 11.6 Å². The molecule has 0 bridgehead atoms. The van der Waals surface area contributed by atoms with Gasteiger partial charge in [-0.2, -0.15) is 0 Å². The Bertz CT molecular complexity index is 1150. The van der Waals surface area contributed by atoms with E-state index in [1.165, 1.54) is 39.5 Å². The van der Waals surface area contributed by atoms with Gasteiger partial charge in [0, 0.05) is 22.5 Å². The summed E-state index contributed by atoms with van der Waals surface area (Å²) in [5, 5.41) is 3.07. The van der Waals surface area contributed by atoms with Crippen molar-refractivity contribution >= 4 is 40.1 Å². The van der Waals surface area contributed by atoms with E-state index in [4.69, 9.17) is 30.5 Å². The molecule has 0 saturated carbocycles. The molecule has 0 aliphatic heterocycles. The fraction of sp³-hybridized carbons (Fsp3) is 0.190. The maximum Gasteiger partial charge on any atom is 0.356 e. The number of hydrogen-bond acceptors (Lipinski definition) is 7. The van der Waals surface area contributed by atoms with Gasteiger partial charge in [-0.1, -0.05) is 11.6 Å². The molecule has 0 radical (unpaired) electrons. The van der Waals surface area contributed by atoms with Gasteiger partial charge in [0.2, 0.25) is 0 Å². The number of ether oxygens (including phenoxy) is 4. The van der Waals surface area contributed by atoms with Crippen LogP contribution in [0.5, 0.6) is 17.2 Å². The molecule has 1 aromatic heterocycles. The molecule has 0 aliphatic carbocycles. The maximum atomic E-state index is 13.9. The van der Waals surface area contributed by atoms with E-state index in [1.54, 1.807) is 12.1 Å². The van der Waals surface area contributed by atoms with Crippen molar-refractivity contribution in [2.75, 3.05) is 33.3 Å². The van der Waals surface area contributed by atoms with Crippen LogP contribution in [-0.2, 0) is 9.53 Å². The lowest BCUT2D eigenvalue weighted by Crippen LogP contribution is -2.21. The second kappa shape index (κ2) is 9.48. The number of fused-ring (bicyclic) bond motifs is 1. The van der Waals surface area contributed by atoms with E-state index in [9.17, 15) is 14.0 Å². The first kappa shape index (κ1) is 22.1. The van der Waals surface area contributed by atoms with Crippen LogP contribution in [0.3, 0.4) is 0 Å². The summed E-state index contributed by atoms with van der Waals surface area (Å²) in [7, 11) is 4.15. The molecule has 8 nitrogen and oxygen atoms in total. The lowest BCUT2D eigenvalue weighted by molar-refractivity contribution is -0.118. The van der Waals surface area contributed by atoms with Crippen molar-refractivity contribution in [2.45, 2.75) is 0 Å². The van der Waals surface area contributed by atoms with E-state index in [0.717, 1.165) is 6.07 Å². The monoisotopic (exact) mass is 448 g/mol. The Morgan fingerprint density at radius 1 is 1.03 bits per heavy atom. The minimum Gasteiger partial charge on any atom is -0.493 e. The Morgan fingerprint density at radius 2 is 1.74 bits per heavy atom. The van der Waals surface area contributed by atoms with E-state index in [0.29, 0.717) is 22.4 Å². The predicted octanol–water partition coefficient (Wildman–Crippen LogP) is 3.85. The lowest BCUT2D eigenvalue weighted by atomic mass is 10.1. The van der Waals surface area contributed by atoms with E-state index >= 15 is 0 Å². The van der Waals surface area contributed by atoms with Gasteiger partial charge in [-0.15, -0.1) is 0 Å². The third-order valence-electron chi connectivity index (χ3n) is 4.23. The van der Waals surface area contributed by atoms with Crippen LogP contribution in [0.15, 0.2) is 36.4 Å². The Hall–Kier alpha value is -3.59. The van der Waals surface area contributed by atoms with Gasteiger partial charge in [0.25, 0.3) is 5.91 Å². The molecule has 0 unspecified atom stereocenters. The highest BCUT2D eigenvalue weighted by Gasteiger charge is 2.18. The second-order valence-corrected chi connectivity index (χ2v) is 6.62. The van der Waals surface area contributed by atoms with Crippen molar-refractivity contribution < 1.29 is 32.9 Å². The third kappa shape index (κ3) is 4.95. The van der Waals surface area contributed by atoms with Crippen molar-refractivity contribution in [3.05, 3.63) is 52.9 Å². The lowest BCUT2D eigenvalue weighted by Gasteiger charge is -2.14. The van der Waals surface area contributed by atoms with E-state index in [2.05, 4.69) is 10.3 Å². The first-order chi connectivity index (χ1) is 14.9. The second-order valence-electron chi connectivity index (χ2n) is 6.18. The number of hydrogen-bond donors (Lipinski definition) is 1. The molecule has 1 heterocycles. The molecule has 2 aromatic carbocycles. The van der Waals surface area contributed by atoms with Crippen LogP contribution in [0.4, 0.5) is 10.1 Å². The normalized spacial score (nSPS) is 10.5. The molecule has 10 heteroatoms. The zero-order chi connectivity index (χ0) is 22.5. The number of benzene rings is 2. The highest BCUT2D eigenvalue weighted by molar-refractivity contribution is 6.30. The third-order valence-corrected chi connectivity index (χ3v) is 4.47. The number of carbonyl (C=O) groups is 2. The molecule has 162 valence electrons. The number of esters is 1. The number of nitrogens with one attached hydrogen (secondary N) is 1. The molecule has 0 aliphatic rings. The van der Waals surface area contributed by atoms with Crippen LogP contribution in [0.1, 0.15) is 10.5 Å². The van der Waals surface area contributed by atoms with Crippen LogP contribution < -0.4 is 19.5 Å². The summed E-state index contributed by atoms with van der Waals surface area (Å²) in [6, 6.07) is 8.38. The van der Waals surface area contributed by atoms with Crippen LogP contribution in [0.25, 0.3) is 10.9 Å². The van der Waals surface area contributed by atoms with Gasteiger partial charge in [-0.3, -0.25) is 4.79 Å². The summed E-state index contributed by atoms with van der Waals surface area (Å²) < 4.78 is 34.8. The molecule has 0 fully saturated rings. The Balaban J connectivity index is 1.91. The molecule has 0 atom stereocenters. The number of aromatic nitrogens is 1. The standard InChI is InChI=1S/C21H18ClFN2O6/c1-28-18-7-12-15(8-19(18)29-2)24-16(21(27)30-3)9-17(12)31-10-20(26)25-14-5-4-11(22)6-13(14)23/h4-9H,10H2,1-3H3,(H,25,26). The largest absolute Gasteiger partial charge is 0.493 e. The Labute approximate surface area is 181 Å². The number of amides is 1. The molecule has 3 rings (SSSR count). The zero-order valence-corrected chi connectivity index (χ0v) is 17.6. The van der Waals surface area contributed by atoms with Crippen molar-refractivity contribution in [3.63, 3.8) is 0 Å². The zero-order valence-electron chi connectivity index (χ0n) is 16.8. The Morgan fingerprint density at radius 3 is 2.39 bits per heavy atom. The SMILES string of the molecule is COC(=O)c1cc(OCC(=O)Nc2ccc(Cl)cc2F)c2cc(OC)c(OC)cc2n1. The first-order valence-electron chi connectivity index (χ1n) is 8.89. The topological polar surface area (TPSA) is 96.0 Å². The fourth-order valence-corrected chi connectivity index (χ4v) is 2.93. The van der Waals surface area contributed by atoms with Crippen LogP contribution in [-0.4, -0.2) is 44.8 Å². The number of anilines is 1. The van der Waals surface area contributed by atoms with Gasteiger partial charge in [0.15, 0.2) is 23.8 Å². The van der Waals surface area contributed by atoms with Gasteiger partial charge >= 0.3 is 5.97 Å². The van der Waals surface area contributed by atoms with Crippen LogP contribution in [0, 0.1) is 5.82 Å². The van der Waals surface area contributed by atoms with Crippen molar-refractivity contribution in [3.8, 4) is 17.2 Å². The molecule has 1 amide bonds. The smallest absolute Gasteiger partial charge is 0.356 e. The molecule has 0 spiro atoms. The minimum absolute atomic E-state index is 0.0265. The summed E-state index contributed by atoms with van der Waals surface area (Å²) in [5.41, 5.74) is 0.292. The number of rotatable bonds is 7. The Kier molecular flexibility index (Phi) is 6.76. The molecule has 0 saturated heterocycles. The van der Waals surface area contributed by atoms with E-state index < -0.39 is 24.3 Å². The summed E-state index contributed by atoms with van der Waals surface area (Å²) in [6.45, 7) is -0.462. The van der Waals surface area contributed by atoms with Crippen LogP contribution >= 0.6 is 11.6 Å². The highest BCUT2D eigenvalue weighted by atomic mass is 35.5. The summed E-state index contributed by atoms with van der Waals surface area (Å²) in [5.74, 6) is -1.01. The first-order valence-corrected chi connectivity index (χ1v) is 9.26. The predicted molar refractivity (Wildman–Crippen MR) is 112 cm³/mol. The van der Waals surface area contributed by atoms with Crippen molar-refractivity contribution in [2.24, 2.45) is 0 Å². The summed E-state index contributed by atoms with van der Waals surface area (Å²) >= 11 is 5.71. The summed E-state index contributed by atoms with van der Waals surface area (Å²) in [6.07, 6.45) is 0. The summed E-state index contributed by atoms with van der Waals surface area (Å²) in [4.78, 5) is 28.5. The average Bonchev–Trinajstić information content (AvgIpc) is 2.77. The number of methoxy groups -OCH3 is 3. The molecular formula is C21H18ClFN2O6. The minimum atomic E-state index is -0.686. The van der Waals surface area contributed by atoms with Crippen LogP contribution in [0.2, 0.25) is 5.02 Å². The number of halogens is 2. The van der Waals surface area contributed by atoms with E-state index in [-0.39, 0.29) is 22.2 Å². The molecular weight excluding hydrogens is 431 g/mol. The van der Waals surface area contributed by atoms with Gasteiger partial charge in [-0.25, -0.2) is 14.2 Å². The van der Waals surface area contributed by atoms with Gasteiger partial charge < -0.3 is 24.3 Å². The number of nitrogens with zero attached hydrogens (tertiary/aromatic N) is 1. The van der Waals surface area contributed by atoms with Crippen molar-refractivity contribution in [1.29, 1.82) is 0 Å². The number of carbonyl (C=O) groups excluding carboxylic acids is 2. The fourth-order valence-electron chi connectivity index (χ4n) is 2.77. The maximum absolute atomic E-state index is 13.9. The van der Waals surface area contributed by atoms with Gasteiger partial charge in [0.05, 0.1) is 32.5 Å². The van der Waals surface area contributed by atoms with Gasteiger partial charge in [-0.05, 0) is 24.3 Å². The number of pyridine rings is 1. The van der Waals surface area contributed by atoms with E-state index in [1.807, 2.05) is 0 Å². The molecule has 1 N–H and O–H groups in total. The molecule has 3 aromatic rings. The van der Waals surface area contributed by atoms with Crippen molar-refractivity contribution in [1.82, 2.24) is 4.98 Å². The molecule has 31 heavy (non-hydrogen) atoms. The highest BCUT2D eigenvalue weighted by Crippen LogP contribution is 2.36.